The molecule has 0 aromatic rings. The van der Waals surface area contributed by atoms with Gasteiger partial charge in [-0.3, -0.25) is 0 Å². The lowest BCUT2D eigenvalue weighted by Crippen LogP contribution is -2.41. The molecule has 98 valence electrons. The summed E-state index contributed by atoms with van der Waals surface area (Å²) in [5.74, 6) is 0.906. The van der Waals surface area contributed by atoms with Gasteiger partial charge in [-0.15, -0.1) is 6.58 Å². The van der Waals surface area contributed by atoms with Crippen molar-refractivity contribution in [2.75, 3.05) is 13.7 Å². The summed E-state index contributed by atoms with van der Waals surface area (Å²) in [6, 6.07) is 0.111. The number of aliphatic hydroxyl groups is 1. The molecule has 0 aromatic carbocycles. The first-order valence-corrected chi connectivity index (χ1v) is 6.27. The Morgan fingerprint density at radius 1 is 1.53 bits per heavy atom. The predicted molar refractivity (Wildman–Crippen MR) is 66.7 cm³/mol. The fraction of sp³-hybridized carbons (Fsp3) is 0.769. The van der Waals surface area contributed by atoms with Crippen molar-refractivity contribution in [3.63, 3.8) is 0 Å². The van der Waals surface area contributed by atoms with E-state index in [-0.39, 0.29) is 18.7 Å². The largest absolute Gasteiger partial charge is 0.453 e. The quantitative estimate of drug-likeness (QED) is 0.725. The fourth-order valence-corrected chi connectivity index (χ4v) is 2.53. The summed E-state index contributed by atoms with van der Waals surface area (Å²) in [5, 5.41) is 12.0. The van der Waals surface area contributed by atoms with E-state index in [2.05, 4.69) is 16.6 Å². The Morgan fingerprint density at radius 2 is 2.18 bits per heavy atom. The normalized spacial score (nSPS) is 26.0. The lowest BCUT2D eigenvalue weighted by Gasteiger charge is -2.33. The lowest BCUT2D eigenvalue weighted by atomic mass is 9.78. The number of ether oxygens (including phenoxy) is 1. The minimum Gasteiger partial charge on any atom is -0.453 e. The van der Waals surface area contributed by atoms with Crippen molar-refractivity contribution in [1.29, 1.82) is 0 Å². The maximum atomic E-state index is 11.3. The summed E-state index contributed by atoms with van der Waals surface area (Å²) in [6.45, 7) is 4.01. The van der Waals surface area contributed by atoms with Crippen LogP contribution >= 0.6 is 0 Å². The number of hydrogen-bond acceptors (Lipinski definition) is 3. The van der Waals surface area contributed by atoms with Crippen LogP contribution in [-0.4, -0.2) is 31.0 Å². The Balaban J connectivity index is 2.47. The molecule has 4 nitrogen and oxygen atoms in total. The Labute approximate surface area is 103 Å². The molecule has 1 unspecified atom stereocenters. The average molecular weight is 241 g/mol. The third-order valence-electron chi connectivity index (χ3n) is 3.63. The van der Waals surface area contributed by atoms with Crippen molar-refractivity contribution in [2.24, 2.45) is 11.8 Å². The second-order valence-electron chi connectivity index (χ2n) is 4.73. The van der Waals surface area contributed by atoms with E-state index in [1.54, 1.807) is 0 Å². The van der Waals surface area contributed by atoms with Crippen LogP contribution in [0.3, 0.4) is 0 Å². The number of rotatable bonds is 5. The number of alkyl carbamates (subject to hydrolysis) is 1. The molecule has 17 heavy (non-hydrogen) atoms. The van der Waals surface area contributed by atoms with Gasteiger partial charge in [-0.1, -0.05) is 6.08 Å². The number of aliphatic hydroxyl groups excluding tert-OH is 1. The van der Waals surface area contributed by atoms with Gasteiger partial charge < -0.3 is 15.2 Å². The molecule has 1 atom stereocenters. The smallest absolute Gasteiger partial charge is 0.407 e. The molecular formula is C13H23NO3. The number of amides is 1. The van der Waals surface area contributed by atoms with Crippen LogP contribution in [0.15, 0.2) is 12.7 Å². The molecule has 0 aliphatic heterocycles. The van der Waals surface area contributed by atoms with Gasteiger partial charge in [0.2, 0.25) is 0 Å². The maximum absolute atomic E-state index is 11.3. The van der Waals surface area contributed by atoms with Crippen LogP contribution in [-0.2, 0) is 4.74 Å². The molecular weight excluding hydrogens is 218 g/mol. The van der Waals surface area contributed by atoms with Gasteiger partial charge in [0, 0.05) is 12.6 Å². The van der Waals surface area contributed by atoms with Crippen molar-refractivity contribution < 1.29 is 14.6 Å². The van der Waals surface area contributed by atoms with Crippen LogP contribution in [0.1, 0.15) is 32.1 Å². The summed E-state index contributed by atoms with van der Waals surface area (Å²) >= 11 is 0. The van der Waals surface area contributed by atoms with E-state index >= 15 is 0 Å². The standard InChI is InChI=1S/C13H23NO3/c1-3-4-12(14-13(16)17-2)11-7-5-10(9-15)6-8-11/h3,10-12,15H,1,4-9H2,2H3,(H,14,16). The van der Waals surface area contributed by atoms with Crippen LogP contribution in [0, 0.1) is 11.8 Å². The van der Waals surface area contributed by atoms with Crippen LogP contribution in [0.2, 0.25) is 0 Å². The molecule has 0 radical (unpaired) electrons. The molecule has 0 bridgehead atoms. The second-order valence-corrected chi connectivity index (χ2v) is 4.73. The highest BCUT2D eigenvalue weighted by molar-refractivity contribution is 5.67. The van der Waals surface area contributed by atoms with Crippen molar-refractivity contribution in [3.8, 4) is 0 Å². The van der Waals surface area contributed by atoms with Crippen LogP contribution in [0.25, 0.3) is 0 Å². The lowest BCUT2D eigenvalue weighted by molar-refractivity contribution is 0.137. The molecule has 1 aliphatic rings. The summed E-state index contributed by atoms with van der Waals surface area (Å²) in [4.78, 5) is 11.3. The number of methoxy groups -OCH3 is 1. The van der Waals surface area contributed by atoms with Gasteiger partial charge in [-0.05, 0) is 43.9 Å². The highest BCUT2D eigenvalue weighted by Gasteiger charge is 2.27. The van der Waals surface area contributed by atoms with Gasteiger partial charge in [0.1, 0.15) is 0 Å². The molecule has 1 rings (SSSR count). The molecule has 0 spiro atoms. The van der Waals surface area contributed by atoms with Gasteiger partial charge >= 0.3 is 6.09 Å². The first kappa shape index (κ1) is 14.0. The number of carbonyl (C=O) groups is 1. The van der Waals surface area contributed by atoms with Crippen LogP contribution in [0.5, 0.6) is 0 Å². The van der Waals surface area contributed by atoms with E-state index in [9.17, 15) is 4.79 Å². The molecule has 1 aliphatic carbocycles. The average Bonchev–Trinajstić information content (AvgIpc) is 2.38. The summed E-state index contributed by atoms with van der Waals surface area (Å²) in [7, 11) is 1.38. The maximum Gasteiger partial charge on any atom is 0.407 e. The molecule has 0 aromatic heterocycles. The zero-order valence-corrected chi connectivity index (χ0v) is 10.5. The Bertz CT molecular complexity index is 247. The number of nitrogens with one attached hydrogen (secondary N) is 1. The van der Waals surface area contributed by atoms with Gasteiger partial charge in [-0.25, -0.2) is 4.79 Å². The molecule has 1 fully saturated rings. The van der Waals surface area contributed by atoms with Crippen LogP contribution < -0.4 is 5.32 Å². The molecule has 2 N–H and O–H groups in total. The second kappa shape index (κ2) is 7.33. The third-order valence-corrected chi connectivity index (χ3v) is 3.63. The molecule has 0 saturated heterocycles. The Kier molecular flexibility index (Phi) is 6.05. The SMILES string of the molecule is C=CCC(NC(=O)OC)C1CCC(CO)CC1. The van der Waals surface area contributed by atoms with Crippen molar-refractivity contribution >= 4 is 6.09 Å². The minimum absolute atomic E-state index is 0.111. The molecule has 1 saturated carbocycles. The van der Waals surface area contributed by atoms with E-state index in [1.165, 1.54) is 7.11 Å². The number of carbonyl (C=O) groups excluding carboxylic acids is 1. The van der Waals surface area contributed by atoms with E-state index in [4.69, 9.17) is 5.11 Å². The molecule has 0 heterocycles. The number of hydrogen-bond donors (Lipinski definition) is 2. The Hall–Kier alpha value is -1.03. The molecule has 1 amide bonds. The summed E-state index contributed by atoms with van der Waals surface area (Å²) in [5.41, 5.74) is 0. The third kappa shape index (κ3) is 4.38. The van der Waals surface area contributed by atoms with Gasteiger partial charge in [-0.2, -0.15) is 0 Å². The first-order chi connectivity index (χ1) is 8.21. The van der Waals surface area contributed by atoms with Gasteiger partial charge in [0.15, 0.2) is 0 Å². The first-order valence-electron chi connectivity index (χ1n) is 6.27. The fourth-order valence-electron chi connectivity index (χ4n) is 2.53. The summed E-state index contributed by atoms with van der Waals surface area (Å²) < 4.78 is 4.64. The minimum atomic E-state index is -0.374. The van der Waals surface area contributed by atoms with Gasteiger partial charge in [0.25, 0.3) is 0 Å². The zero-order chi connectivity index (χ0) is 12.7. The van der Waals surface area contributed by atoms with E-state index < -0.39 is 0 Å². The van der Waals surface area contributed by atoms with Crippen molar-refractivity contribution in [2.45, 2.75) is 38.1 Å². The van der Waals surface area contributed by atoms with E-state index in [0.717, 1.165) is 32.1 Å². The Morgan fingerprint density at radius 3 is 2.65 bits per heavy atom. The topological polar surface area (TPSA) is 58.6 Å². The highest BCUT2D eigenvalue weighted by Crippen LogP contribution is 2.31. The van der Waals surface area contributed by atoms with Gasteiger partial charge in [0.05, 0.1) is 7.11 Å². The molecule has 4 heteroatoms. The summed E-state index contributed by atoms with van der Waals surface area (Å²) in [6.07, 6.45) is 6.40. The van der Waals surface area contributed by atoms with E-state index in [1.807, 2.05) is 6.08 Å². The predicted octanol–water partition coefficient (Wildman–Crippen LogP) is 2.09. The van der Waals surface area contributed by atoms with Crippen molar-refractivity contribution in [3.05, 3.63) is 12.7 Å². The monoisotopic (exact) mass is 241 g/mol. The highest BCUT2D eigenvalue weighted by atomic mass is 16.5. The van der Waals surface area contributed by atoms with Crippen molar-refractivity contribution in [1.82, 2.24) is 5.32 Å². The van der Waals surface area contributed by atoms with E-state index in [0.29, 0.717) is 11.8 Å². The zero-order valence-electron chi connectivity index (χ0n) is 10.5. The van der Waals surface area contributed by atoms with Crippen LogP contribution in [0.4, 0.5) is 4.79 Å².